The number of aliphatic hydroxyl groups is 3. The van der Waals surface area contributed by atoms with Crippen LogP contribution in [0.1, 0.15) is 221 Å². The average molecular weight is 783 g/mol. The van der Waals surface area contributed by atoms with Gasteiger partial charge >= 0.3 is 0 Å². The van der Waals surface area contributed by atoms with E-state index in [9.17, 15) is 15.3 Å². The van der Waals surface area contributed by atoms with Crippen molar-refractivity contribution in [3.05, 3.63) is 107 Å². The van der Waals surface area contributed by atoms with E-state index in [1.54, 1.807) is 0 Å². The molecule has 0 aliphatic rings. The Hall–Kier alpha value is -2.46. The van der Waals surface area contributed by atoms with Gasteiger partial charge in [0.15, 0.2) is 0 Å². The quantitative estimate of drug-likeness (QED) is 0.0407. The molecule has 320 valence electrons. The zero-order valence-corrected chi connectivity index (χ0v) is 36.9. The van der Waals surface area contributed by atoms with Crippen molar-refractivity contribution < 1.29 is 15.3 Å². The first-order valence-corrected chi connectivity index (χ1v) is 24.3. The highest BCUT2D eigenvalue weighted by atomic mass is 16.4. The van der Waals surface area contributed by atoms with E-state index in [-0.39, 0.29) is 0 Å². The summed E-state index contributed by atoms with van der Waals surface area (Å²) in [7, 11) is 0. The number of hydrogen-bond donors (Lipinski definition) is 3. The van der Waals surface area contributed by atoms with Gasteiger partial charge in [-0.1, -0.05) is 260 Å². The molecule has 0 bridgehead atoms. The third-order valence-electron chi connectivity index (χ3n) is 12.7. The number of aryl methyl sites for hydroxylation is 1. The Morgan fingerprint density at radius 2 is 0.754 bits per heavy atom. The third-order valence-corrected chi connectivity index (χ3v) is 12.7. The molecule has 0 spiro atoms. The van der Waals surface area contributed by atoms with Gasteiger partial charge in [0.25, 0.3) is 0 Å². The second-order valence-corrected chi connectivity index (χ2v) is 17.4. The first-order valence-electron chi connectivity index (χ1n) is 24.3. The summed E-state index contributed by atoms with van der Waals surface area (Å²) in [5.74, 6) is 0. The van der Waals surface area contributed by atoms with E-state index in [1.807, 2.05) is 36.4 Å². The molecule has 2 atom stereocenters. The van der Waals surface area contributed by atoms with E-state index >= 15 is 0 Å². The predicted molar refractivity (Wildman–Crippen MR) is 246 cm³/mol. The van der Waals surface area contributed by atoms with Crippen LogP contribution in [0.2, 0.25) is 0 Å². The van der Waals surface area contributed by atoms with Gasteiger partial charge < -0.3 is 15.3 Å². The molecule has 0 saturated carbocycles. The van der Waals surface area contributed by atoms with Crippen LogP contribution in [-0.4, -0.2) is 34.1 Å². The van der Waals surface area contributed by atoms with Crippen LogP contribution in [-0.2, 0) is 18.3 Å². The predicted octanol–water partition coefficient (Wildman–Crippen LogP) is 14.8. The molecule has 57 heavy (non-hydrogen) atoms. The Kier molecular flexibility index (Phi) is 27.0. The van der Waals surface area contributed by atoms with Crippen molar-refractivity contribution in [2.75, 3.05) is 6.61 Å². The fourth-order valence-electron chi connectivity index (χ4n) is 9.31. The molecule has 0 amide bonds. The van der Waals surface area contributed by atoms with E-state index in [4.69, 9.17) is 0 Å². The van der Waals surface area contributed by atoms with Crippen molar-refractivity contribution in [3.63, 3.8) is 0 Å². The van der Waals surface area contributed by atoms with Gasteiger partial charge in [-0.15, -0.1) is 0 Å². The molecule has 0 aliphatic heterocycles. The summed E-state index contributed by atoms with van der Waals surface area (Å²) < 4.78 is 0. The average Bonchev–Trinajstić information content (AvgIpc) is 3.25. The Morgan fingerprint density at radius 3 is 1.12 bits per heavy atom. The maximum Gasteiger partial charge on any atom is 0.104 e. The molecule has 0 heterocycles. The van der Waals surface area contributed by atoms with Gasteiger partial charge in [0, 0.05) is 0 Å². The van der Waals surface area contributed by atoms with E-state index < -0.39 is 24.2 Å². The highest BCUT2D eigenvalue weighted by molar-refractivity contribution is 5.56. The summed E-state index contributed by atoms with van der Waals surface area (Å²) in [5, 5.41) is 33.8. The van der Waals surface area contributed by atoms with E-state index in [1.165, 1.54) is 184 Å². The summed E-state index contributed by atoms with van der Waals surface area (Å²) in [6, 6.07) is 27.1. The van der Waals surface area contributed by atoms with Gasteiger partial charge in [0.1, 0.15) is 6.10 Å². The minimum Gasteiger partial charge on any atom is -0.394 e. The summed E-state index contributed by atoms with van der Waals surface area (Å²) >= 11 is 0. The Bertz CT molecular complexity index is 1310. The minimum atomic E-state index is -1.30. The van der Waals surface area contributed by atoms with Crippen LogP contribution in [0.4, 0.5) is 0 Å². The number of aliphatic hydroxyl groups excluding tert-OH is 3. The van der Waals surface area contributed by atoms with Crippen molar-refractivity contribution in [2.24, 2.45) is 0 Å². The molecule has 3 N–H and O–H groups in total. The number of unbranched alkanes of at least 4 members (excludes halogenated alkanes) is 26. The van der Waals surface area contributed by atoms with Crippen molar-refractivity contribution in [1.82, 2.24) is 0 Å². The van der Waals surface area contributed by atoms with Crippen LogP contribution >= 0.6 is 0 Å². The molecule has 2 unspecified atom stereocenters. The van der Waals surface area contributed by atoms with E-state index in [0.717, 1.165) is 36.0 Å². The third kappa shape index (κ3) is 17.7. The van der Waals surface area contributed by atoms with Gasteiger partial charge in [-0.2, -0.15) is 0 Å². The molecular formula is C54H86O3. The lowest BCUT2D eigenvalue weighted by molar-refractivity contribution is -0.0375. The summed E-state index contributed by atoms with van der Waals surface area (Å²) in [4.78, 5) is 0. The van der Waals surface area contributed by atoms with Crippen LogP contribution in [0.25, 0.3) is 0 Å². The second kappa shape index (κ2) is 31.5. The lowest BCUT2D eigenvalue weighted by atomic mass is 9.62. The Morgan fingerprint density at radius 1 is 0.404 bits per heavy atom. The zero-order chi connectivity index (χ0) is 40.7. The first kappa shape index (κ1) is 48.9. The SMILES string of the molecule is CCCCCCCCCCCCCCCCc1cccc(C(c2ccccc2)(c2ccccc2)C(O)C(O)CO)c1CCCCCCCCCCCCCCCC. The normalized spacial score (nSPS) is 12.9. The van der Waals surface area contributed by atoms with Gasteiger partial charge in [-0.25, -0.2) is 0 Å². The number of benzene rings is 3. The fourth-order valence-corrected chi connectivity index (χ4v) is 9.31. The van der Waals surface area contributed by atoms with Crippen LogP contribution in [0, 0.1) is 0 Å². The van der Waals surface area contributed by atoms with Crippen LogP contribution in [0.3, 0.4) is 0 Å². The molecule has 0 aromatic heterocycles. The van der Waals surface area contributed by atoms with Crippen LogP contribution in [0.15, 0.2) is 78.9 Å². The molecule has 3 rings (SSSR count). The molecule has 0 aliphatic carbocycles. The Balaban J connectivity index is 1.69. The highest BCUT2D eigenvalue weighted by Crippen LogP contribution is 2.46. The van der Waals surface area contributed by atoms with E-state index in [0.29, 0.717) is 0 Å². The van der Waals surface area contributed by atoms with Gasteiger partial charge in [-0.05, 0) is 53.5 Å². The maximum atomic E-state index is 12.3. The maximum absolute atomic E-state index is 12.3. The fraction of sp³-hybridized carbons (Fsp3) is 0.667. The topological polar surface area (TPSA) is 60.7 Å². The monoisotopic (exact) mass is 783 g/mol. The van der Waals surface area contributed by atoms with E-state index in [2.05, 4.69) is 56.3 Å². The van der Waals surface area contributed by atoms with Crippen LogP contribution < -0.4 is 0 Å². The number of hydrogen-bond acceptors (Lipinski definition) is 3. The molecule has 3 aromatic carbocycles. The smallest absolute Gasteiger partial charge is 0.104 e. The van der Waals surface area contributed by atoms with Crippen molar-refractivity contribution in [1.29, 1.82) is 0 Å². The van der Waals surface area contributed by atoms with Crippen LogP contribution in [0.5, 0.6) is 0 Å². The highest BCUT2D eigenvalue weighted by Gasteiger charge is 2.47. The Labute approximate surface area is 351 Å². The van der Waals surface area contributed by atoms with Gasteiger partial charge in [-0.3, -0.25) is 0 Å². The summed E-state index contributed by atoms with van der Waals surface area (Å²) in [5.41, 5.74) is 4.60. The zero-order valence-electron chi connectivity index (χ0n) is 36.9. The molecule has 3 nitrogen and oxygen atoms in total. The molecular weight excluding hydrogens is 697 g/mol. The summed E-state index contributed by atoms with van der Waals surface area (Å²) in [6.45, 7) is 4.08. The van der Waals surface area contributed by atoms with Gasteiger partial charge in [0.2, 0.25) is 0 Å². The molecule has 3 aromatic rings. The lowest BCUT2D eigenvalue weighted by Gasteiger charge is -2.43. The van der Waals surface area contributed by atoms with Crippen molar-refractivity contribution >= 4 is 0 Å². The molecule has 0 fully saturated rings. The van der Waals surface area contributed by atoms with Crippen molar-refractivity contribution in [3.8, 4) is 0 Å². The van der Waals surface area contributed by atoms with Gasteiger partial charge in [0.05, 0.1) is 18.1 Å². The standard InChI is InChI=1S/C54H86O3/c1-3-5-7-9-11-13-15-17-19-21-23-25-27-31-38-47-39-37-45-51(50(47)44-36-28-26-24-22-20-18-16-14-12-10-8-6-4-2)54(53(57)52(56)46-55,48-40-32-29-33-41-48)49-42-34-30-35-43-49/h29-30,32-35,37,39-43,45,52-53,55-57H,3-28,31,36,38,44,46H2,1-2H3. The minimum absolute atomic E-state index is 0.504. The molecule has 0 saturated heterocycles. The summed E-state index contributed by atoms with van der Waals surface area (Å²) in [6.07, 6.45) is 37.1. The molecule has 3 heteroatoms. The van der Waals surface area contributed by atoms with Crippen molar-refractivity contribution in [2.45, 2.75) is 224 Å². The lowest BCUT2D eigenvalue weighted by Crippen LogP contribution is -2.50. The number of rotatable bonds is 36. The second-order valence-electron chi connectivity index (χ2n) is 17.4. The molecule has 0 radical (unpaired) electrons. The largest absolute Gasteiger partial charge is 0.394 e. The first-order chi connectivity index (χ1) is 28.1.